The minimum Gasteiger partial charge on any atom is -0.465 e. The van der Waals surface area contributed by atoms with Gasteiger partial charge in [0.05, 0.1) is 6.04 Å². The first kappa shape index (κ1) is 22.6. The molecule has 8 heteroatoms. The standard InChI is InChI=1S/C24H31ClN4O3/c1-14-20(24(2,3)4)21(26-27(14)5)22(30)28-10-8-15-11-16(25)12-17(18(15)13-28)19-7-6-9-29(19)23(31)32/h11-12,19H,6-10,13H2,1-5H3,(H,31,32). The SMILES string of the molecule is Cc1c(C(C)(C)C)c(C(=O)N2CCc3cc(Cl)cc(C4CCCN4C(=O)O)c3C2)nn1C. The Balaban J connectivity index is 1.71. The molecule has 0 saturated carbocycles. The quantitative estimate of drug-likeness (QED) is 0.707. The summed E-state index contributed by atoms with van der Waals surface area (Å²) in [5, 5.41) is 14.9. The van der Waals surface area contributed by atoms with E-state index in [9.17, 15) is 14.7 Å². The first-order chi connectivity index (χ1) is 15.0. The number of carbonyl (C=O) groups is 2. The zero-order valence-corrected chi connectivity index (χ0v) is 20.2. The van der Waals surface area contributed by atoms with Gasteiger partial charge in [-0.15, -0.1) is 0 Å². The predicted octanol–water partition coefficient (Wildman–Crippen LogP) is 4.69. The molecule has 2 aliphatic heterocycles. The van der Waals surface area contributed by atoms with Gasteiger partial charge in [-0.3, -0.25) is 9.48 Å². The molecule has 1 N–H and O–H groups in total. The molecule has 0 radical (unpaired) electrons. The zero-order chi connectivity index (χ0) is 23.4. The number of benzene rings is 1. The number of carboxylic acid groups (broad SMARTS) is 1. The van der Waals surface area contributed by atoms with Gasteiger partial charge < -0.3 is 14.9 Å². The second kappa shape index (κ2) is 8.10. The van der Waals surface area contributed by atoms with Gasteiger partial charge in [0.1, 0.15) is 0 Å². The molecule has 2 aliphatic rings. The van der Waals surface area contributed by atoms with Crippen molar-refractivity contribution in [3.63, 3.8) is 0 Å². The highest BCUT2D eigenvalue weighted by molar-refractivity contribution is 6.30. The number of hydrogen-bond acceptors (Lipinski definition) is 3. The molecule has 0 bridgehead atoms. The van der Waals surface area contributed by atoms with E-state index in [4.69, 9.17) is 11.6 Å². The van der Waals surface area contributed by atoms with Crippen molar-refractivity contribution in [2.24, 2.45) is 7.05 Å². The van der Waals surface area contributed by atoms with Crippen molar-refractivity contribution in [1.29, 1.82) is 0 Å². The Morgan fingerprint density at radius 2 is 1.94 bits per heavy atom. The average molecular weight is 459 g/mol. The van der Waals surface area contributed by atoms with E-state index < -0.39 is 6.09 Å². The molecule has 172 valence electrons. The van der Waals surface area contributed by atoms with Crippen molar-refractivity contribution in [3.05, 3.63) is 50.8 Å². The second-order valence-corrected chi connectivity index (χ2v) is 10.4. The van der Waals surface area contributed by atoms with E-state index in [0.717, 1.165) is 40.8 Å². The summed E-state index contributed by atoms with van der Waals surface area (Å²) in [6.07, 6.45) is 1.36. The Labute approximate surface area is 193 Å². The first-order valence-corrected chi connectivity index (χ1v) is 11.5. The third kappa shape index (κ3) is 3.87. The van der Waals surface area contributed by atoms with Crippen LogP contribution in [0.2, 0.25) is 5.02 Å². The van der Waals surface area contributed by atoms with E-state index in [1.165, 1.54) is 4.90 Å². The van der Waals surface area contributed by atoms with E-state index in [1.54, 1.807) is 4.68 Å². The van der Waals surface area contributed by atoms with Crippen LogP contribution in [0.1, 0.15) is 78.1 Å². The van der Waals surface area contributed by atoms with Gasteiger partial charge in [0.25, 0.3) is 5.91 Å². The maximum atomic E-state index is 13.6. The lowest BCUT2D eigenvalue weighted by Crippen LogP contribution is -2.38. The number of hydrogen-bond donors (Lipinski definition) is 1. The summed E-state index contributed by atoms with van der Waals surface area (Å²) in [5.74, 6) is -0.0771. The molecule has 1 saturated heterocycles. The lowest BCUT2D eigenvalue weighted by Gasteiger charge is -2.33. The Bertz CT molecular complexity index is 1090. The second-order valence-electron chi connectivity index (χ2n) is 9.93. The van der Waals surface area contributed by atoms with Crippen LogP contribution < -0.4 is 0 Å². The summed E-state index contributed by atoms with van der Waals surface area (Å²) in [6, 6.07) is 3.61. The van der Waals surface area contributed by atoms with Gasteiger partial charge in [0, 0.05) is 43.0 Å². The van der Waals surface area contributed by atoms with E-state index in [0.29, 0.717) is 36.8 Å². The molecule has 0 aliphatic carbocycles. The molecule has 1 aromatic heterocycles. The fourth-order valence-corrected chi connectivity index (χ4v) is 5.50. The molecule has 3 heterocycles. The number of aryl methyl sites for hydroxylation is 1. The van der Waals surface area contributed by atoms with Crippen LogP contribution in [0.4, 0.5) is 4.79 Å². The maximum Gasteiger partial charge on any atom is 0.407 e. The van der Waals surface area contributed by atoms with E-state index in [1.807, 2.05) is 31.0 Å². The van der Waals surface area contributed by atoms with E-state index in [-0.39, 0.29) is 17.4 Å². The van der Waals surface area contributed by atoms with Crippen LogP contribution in [0.15, 0.2) is 12.1 Å². The highest BCUT2D eigenvalue weighted by Crippen LogP contribution is 2.39. The van der Waals surface area contributed by atoms with Gasteiger partial charge >= 0.3 is 6.09 Å². The third-order valence-corrected chi connectivity index (χ3v) is 6.99. The topological polar surface area (TPSA) is 78.7 Å². The summed E-state index contributed by atoms with van der Waals surface area (Å²) in [4.78, 5) is 28.8. The molecule has 32 heavy (non-hydrogen) atoms. The Morgan fingerprint density at radius 3 is 2.59 bits per heavy atom. The van der Waals surface area contributed by atoms with Gasteiger partial charge in [-0.25, -0.2) is 4.79 Å². The largest absolute Gasteiger partial charge is 0.465 e. The Hall–Kier alpha value is -2.54. The lowest BCUT2D eigenvalue weighted by molar-refractivity contribution is 0.0723. The average Bonchev–Trinajstić information content (AvgIpc) is 3.31. The minimum atomic E-state index is -0.913. The number of nitrogens with zero attached hydrogens (tertiary/aromatic N) is 4. The van der Waals surface area contributed by atoms with Crippen LogP contribution in [0.25, 0.3) is 0 Å². The summed E-state index contributed by atoms with van der Waals surface area (Å²) in [6.45, 7) is 9.82. The number of carbonyl (C=O) groups excluding carboxylic acids is 1. The highest BCUT2D eigenvalue weighted by Gasteiger charge is 2.36. The van der Waals surface area contributed by atoms with Crippen molar-refractivity contribution >= 4 is 23.6 Å². The molecular formula is C24H31ClN4O3. The zero-order valence-electron chi connectivity index (χ0n) is 19.4. The molecule has 2 amide bonds. The third-order valence-electron chi connectivity index (χ3n) is 6.77. The van der Waals surface area contributed by atoms with Gasteiger partial charge in [-0.05, 0) is 60.4 Å². The highest BCUT2D eigenvalue weighted by atomic mass is 35.5. The van der Waals surface area contributed by atoms with Crippen molar-refractivity contribution in [2.45, 2.75) is 65.0 Å². The van der Waals surface area contributed by atoms with Crippen LogP contribution in [-0.2, 0) is 25.4 Å². The van der Waals surface area contributed by atoms with Crippen LogP contribution in [0.5, 0.6) is 0 Å². The first-order valence-electron chi connectivity index (χ1n) is 11.1. The monoisotopic (exact) mass is 458 g/mol. The molecule has 1 fully saturated rings. The molecule has 0 spiro atoms. The summed E-state index contributed by atoms with van der Waals surface area (Å²) in [7, 11) is 1.87. The molecule has 1 atom stereocenters. The molecule has 2 aromatic rings. The van der Waals surface area contributed by atoms with Gasteiger partial charge in [0.15, 0.2) is 5.69 Å². The number of fused-ring (bicyclic) bond motifs is 1. The lowest BCUT2D eigenvalue weighted by atomic mass is 9.84. The van der Waals surface area contributed by atoms with Crippen molar-refractivity contribution in [2.75, 3.05) is 13.1 Å². The van der Waals surface area contributed by atoms with E-state index in [2.05, 4.69) is 25.9 Å². The fraction of sp³-hybridized carbons (Fsp3) is 0.542. The van der Waals surface area contributed by atoms with Crippen LogP contribution in [0.3, 0.4) is 0 Å². The number of amides is 2. The fourth-order valence-electron chi connectivity index (χ4n) is 5.25. The van der Waals surface area contributed by atoms with Crippen LogP contribution >= 0.6 is 11.6 Å². The van der Waals surface area contributed by atoms with Crippen molar-refractivity contribution < 1.29 is 14.7 Å². The van der Waals surface area contributed by atoms with Crippen molar-refractivity contribution in [3.8, 4) is 0 Å². The van der Waals surface area contributed by atoms with Gasteiger partial charge in [0.2, 0.25) is 0 Å². The summed E-state index contributed by atoms with van der Waals surface area (Å²) in [5.41, 5.74) is 5.32. The van der Waals surface area contributed by atoms with Crippen LogP contribution in [0, 0.1) is 6.92 Å². The van der Waals surface area contributed by atoms with Gasteiger partial charge in [-0.2, -0.15) is 5.10 Å². The minimum absolute atomic E-state index is 0.0771. The van der Waals surface area contributed by atoms with Gasteiger partial charge in [-0.1, -0.05) is 32.4 Å². The predicted molar refractivity (Wildman–Crippen MR) is 123 cm³/mol. The Kier molecular flexibility index (Phi) is 5.74. The molecule has 7 nitrogen and oxygen atoms in total. The normalized spacial score (nSPS) is 18.8. The maximum absolute atomic E-state index is 13.6. The number of aromatic nitrogens is 2. The molecular weight excluding hydrogens is 428 g/mol. The summed E-state index contributed by atoms with van der Waals surface area (Å²) >= 11 is 6.41. The number of likely N-dealkylation sites (tertiary alicyclic amines) is 1. The number of halogens is 1. The Morgan fingerprint density at radius 1 is 1.22 bits per heavy atom. The summed E-state index contributed by atoms with van der Waals surface area (Å²) < 4.78 is 1.78. The number of rotatable bonds is 2. The smallest absolute Gasteiger partial charge is 0.407 e. The molecule has 4 rings (SSSR count). The van der Waals surface area contributed by atoms with Crippen LogP contribution in [-0.4, -0.2) is 49.8 Å². The molecule has 1 aromatic carbocycles. The van der Waals surface area contributed by atoms with Crippen molar-refractivity contribution in [1.82, 2.24) is 19.6 Å². The molecule has 1 unspecified atom stereocenters. The van der Waals surface area contributed by atoms with E-state index >= 15 is 0 Å².